The van der Waals surface area contributed by atoms with E-state index in [1.165, 1.54) is 17.3 Å². The lowest BCUT2D eigenvalue weighted by Crippen LogP contribution is -2.35. The zero-order chi connectivity index (χ0) is 13.9. The maximum atomic E-state index is 13.9. The van der Waals surface area contributed by atoms with Crippen LogP contribution < -0.4 is 10.2 Å². The highest BCUT2D eigenvalue weighted by Gasteiger charge is 2.19. The van der Waals surface area contributed by atoms with E-state index in [0.717, 1.165) is 18.7 Å². The van der Waals surface area contributed by atoms with Gasteiger partial charge in [-0.25, -0.2) is 4.39 Å². The topological polar surface area (TPSA) is 15.3 Å². The summed E-state index contributed by atoms with van der Waals surface area (Å²) in [6, 6.07) is 15.8. The number of anilines is 1. The Morgan fingerprint density at radius 2 is 1.90 bits per heavy atom. The molecule has 0 saturated carbocycles. The number of rotatable bonds is 2. The molecule has 0 aromatic heterocycles. The molecule has 3 heteroatoms. The minimum Gasteiger partial charge on any atom is -0.365 e. The first kappa shape index (κ1) is 13.1. The number of nitrogens with one attached hydrogen (secondary N) is 1. The maximum Gasteiger partial charge on any atom is 0.128 e. The van der Waals surface area contributed by atoms with Crippen LogP contribution in [0.25, 0.3) is 0 Å². The van der Waals surface area contributed by atoms with Gasteiger partial charge in [-0.1, -0.05) is 36.4 Å². The van der Waals surface area contributed by atoms with Crippen molar-refractivity contribution in [2.24, 2.45) is 0 Å². The Morgan fingerprint density at radius 1 is 1.15 bits per heavy atom. The third-order valence-electron chi connectivity index (χ3n) is 3.79. The summed E-state index contributed by atoms with van der Waals surface area (Å²) in [4.78, 5) is 2.26. The molecule has 2 aromatic rings. The quantitative estimate of drug-likeness (QED) is 0.900. The lowest BCUT2D eigenvalue weighted by molar-refractivity contribution is 0.546. The van der Waals surface area contributed by atoms with Gasteiger partial charge in [0.15, 0.2) is 0 Å². The minimum atomic E-state index is -0.130. The first-order valence-electron chi connectivity index (χ1n) is 7.03. The van der Waals surface area contributed by atoms with Gasteiger partial charge in [-0.15, -0.1) is 0 Å². The molecule has 0 bridgehead atoms. The van der Waals surface area contributed by atoms with Crippen LogP contribution in [-0.4, -0.2) is 12.6 Å². The number of halogens is 1. The molecule has 20 heavy (non-hydrogen) atoms. The van der Waals surface area contributed by atoms with Gasteiger partial charge in [0.1, 0.15) is 5.82 Å². The first-order chi connectivity index (χ1) is 9.74. The second kappa shape index (κ2) is 5.63. The van der Waals surface area contributed by atoms with E-state index in [0.29, 0.717) is 12.6 Å². The summed E-state index contributed by atoms with van der Waals surface area (Å²) < 4.78 is 13.9. The van der Waals surface area contributed by atoms with Gasteiger partial charge in [0.25, 0.3) is 0 Å². The number of hydrogen-bond donors (Lipinski definition) is 1. The molecule has 1 N–H and O–H groups in total. The van der Waals surface area contributed by atoms with Crippen LogP contribution in [0.3, 0.4) is 0 Å². The number of fused-ring (bicyclic) bond motifs is 1. The summed E-state index contributed by atoms with van der Waals surface area (Å²) in [5.41, 5.74) is 3.22. The van der Waals surface area contributed by atoms with Crippen molar-refractivity contribution in [3.05, 3.63) is 65.5 Å². The predicted molar refractivity (Wildman–Crippen MR) is 80.2 cm³/mol. The Kier molecular flexibility index (Phi) is 3.70. The summed E-state index contributed by atoms with van der Waals surface area (Å²) in [6.45, 7) is 4.52. The van der Waals surface area contributed by atoms with Gasteiger partial charge in [-0.3, -0.25) is 0 Å². The molecule has 1 aliphatic rings. The standard InChI is InChI=1S/C17H19FN2/c1-13-11-20(12-15-7-2-4-8-16(15)18)17-9-5-3-6-14(17)10-19-13/h2-9,13,19H,10-12H2,1H3. The fraction of sp³-hybridized carbons (Fsp3) is 0.294. The van der Waals surface area contributed by atoms with Gasteiger partial charge in [-0.2, -0.15) is 0 Å². The van der Waals surface area contributed by atoms with E-state index in [4.69, 9.17) is 0 Å². The average Bonchev–Trinajstić information content (AvgIpc) is 2.62. The third kappa shape index (κ3) is 2.68. The fourth-order valence-corrected chi connectivity index (χ4v) is 2.73. The monoisotopic (exact) mass is 270 g/mol. The molecule has 1 heterocycles. The molecular formula is C17H19FN2. The predicted octanol–water partition coefficient (Wildman–Crippen LogP) is 3.32. The maximum absolute atomic E-state index is 13.9. The first-order valence-corrected chi connectivity index (χ1v) is 7.03. The number of para-hydroxylation sites is 1. The number of nitrogens with zero attached hydrogens (tertiary/aromatic N) is 1. The van der Waals surface area contributed by atoms with Crippen LogP contribution >= 0.6 is 0 Å². The van der Waals surface area contributed by atoms with Gasteiger partial charge in [0.2, 0.25) is 0 Å². The molecule has 0 aliphatic carbocycles. The minimum absolute atomic E-state index is 0.130. The largest absolute Gasteiger partial charge is 0.365 e. The van der Waals surface area contributed by atoms with Gasteiger partial charge in [0.05, 0.1) is 0 Å². The van der Waals surface area contributed by atoms with E-state index >= 15 is 0 Å². The van der Waals surface area contributed by atoms with Crippen LogP contribution in [0.2, 0.25) is 0 Å². The van der Waals surface area contributed by atoms with E-state index in [1.54, 1.807) is 6.07 Å². The highest BCUT2D eigenvalue weighted by molar-refractivity contribution is 5.55. The normalized spacial score (nSPS) is 18.5. The lowest BCUT2D eigenvalue weighted by Gasteiger charge is -2.26. The average molecular weight is 270 g/mol. The van der Waals surface area contributed by atoms with Gasteiger partial charge >= 0.3 is 0 Å². The zero-order valence-corrected chi connectivity index (χ0v) is 11.6. The van der Waals surface area contributed by atoms with E-state index in [1.807, 2.05) is 18.2 Å². The third-order valence-corrected chi connectivity index (χ3v) is 3.79. The molecule has 0 spiro atoms. The molecule has 0 amide bonds. The van der Waals surface area contributed by atoms with E-state index in [9.17, 15) is 4.39 Å². The van der Waals surface area contributed by atoms with Crippen molar-refractivity contribution in [2.75, 3.05) is 11.4 Å². The van der Waals surface area contributed by atoms with E-state index in [-0.39, 0.29) is 5.82 Å². The summed E-state index contributed by atoms with van der Waals surface area (Å²) in [5.74, 6) is -0.130. The van der Waals surface area contributed by atoms with Crippen LogP contribution in [0.5, 0.6) is 0 Å². The molecule has 1 unspecified atom stereocenters. The van der Waals surface area contributed by atoms with Crippen LogP contribution in [-0.2, 0) is 13.1 Å². The molecule has 1 atom stereocenters. The van der Waals surface area contributed by atoms with Crippen molar-refractivity contribution in [1.82, 2.24) is 5.32 Å². The molecule has 3 rings (SSSR count). The fourth-order valence-electron chi connectivity index (χ4n) is 2.73. The van der Waals surface area contributed by atoms with Crippen molar-refractivity contribution in [1.29, 1.82) is 0 Å². The van der Waals surface area contributed by atoms with Gasteiger partial charge in [0, 0.05) is 36.9 Å². The molecule has 2 aromatic carbocycles. The van der Waals surface area contributed by atoms with E-state index < -0.39 is 0 Å². The molecule has 0 radical (unpaired) electrons. The Labute approximate surface area is 119 Å². The highest BCUT2D eigenvalue weighted by Crippen LogP contribution is 2.25. The number of hydrogen-bond acceptors (Lipinski definition) is 2. The molecular weight excluding hydrogens is 251 g/mol. The summed E-state index contributed by atoms with van der Waals surface area (Å²) in [6.07, 6.45) is 0. The summed E-state index contributed by atoms with van der Waals surface area (Å²) >= 11 is 0. The van der Waals surface area contributed by atoms with Crippen molar-refractivity contribution < 1.29 is 4.39 Å². The molecule has 0 saturated heterocycles. The molecule has 0 fully saturated rings. The van der Waals surface area contributed by atoms with Crippen molar-refractivity contribution in [3.63, 3.8) is 0 Å². The zero-order valence-electron chi connectivity index (χ0n) is 11.6. The van der Waals surface area contributed by atoms with Gasteiger partial charge in [-0.05, 0) is 24.6 Å². The highest BCUT2D eigenvalue weighted by atomic mass is 19.1. The second-order valence-electron chi connectivity index (χ2n) is 5.38. The molecule has 104 valence electrons. The van der Waals surface area contributed by atoms with Crippen molar-refractivity contribution in [3.8, 4) is 0 Å². The van der Waals surface area contributed by atoms with Crippen LogP contribution in [0.15, 0.2) is 48.5 Å². The SMILES string of the molecule is CC1CN(Cc2ccccc2F)c2ccccc2CN1. The Morgan fingerprint density at radius 3 is 2.75 bits per heavy atom. The Balaban J connectivity index is 1.93. The molecule has 2 nitrogen and oxygen atoms in total. The summed E-state index contributed by atoms with van der Waals surface area (Å²) in [5, 5.41) is 3.50. The molecule has 1 aliphatic heterocycles. The van der Waals surface area contributed by atoms with Gasteiger partial charge < -0.3 is 10.2 Å². The van der Waals surface area contributed by atoms with Crippen LogP contribution in [0.1, 0.15) is 18.1 Å². The Bertz CT molecular complexity index is 597. The van der Waals surface area contributed by atoms with Crippen molar-refractivity contribution >= 4 is 5.69 Å². The lowest BCUT2D eigenvalue weighted by atomic mass is 10.1. The van der Waals surface area contributed by atoms with Crippen LogP contribution in [0.4, 0.5) is 10.1 Å². The second-order valence-corrected chi connectivity index (χ2v) is 5.38. The van der Waals surface area contributed by atoms with Crippen LogP contribution in [0, 0.1) is 5.82 Å². The van der Waals surface area contributed by atoms with Crippen molar-refractivity contribution in [2.45, 2.75) is 26.1 Å². The number of benzene rings is 2. The van der Waals surface area contributed by atoms with E-state index in [2.05, 4.69) is 35.3 Å². The Hall–Kier alpha value is -1.87. The summed E-state index contributed by atoms with van der Waals surface area (Å²) in [7, 11) is 0. The smallest absolute Gasteiger partial charge is 0.128 e.